The first-order valence-corrected chi connectivity index (χ1v) is 7.89. The molecule has 0 amide bonds. The molecule has 3 aromatic rings. The van der Waals surface area contributed by atoms with Crippen molar-refractivity contribution in [3.63, 3.8) is 0 Å². The largest absolute Gasteiger partial charge is 0.465 e. The van der Waals surface area contributed by atoms with Gasteiger partial charge in [0.2, 0.25) is 11.8 Å². The summed E-state index contributed by atoms with van der Waals surface area (Å²) in [7, 11) is 0. The van der Waals surface area contributed by atoms with Crippen LogP contribution in [0.15, 0.2) is 58.3 Å². The summed E-state index contributed by atoms with van der Waals surface area (Å²) in [6, 6.07) is 15.5. The van der Waals surface area contributed by atoms with Gasteiger partial charge in [0.1, 0.15) is 23.2 Å². The fourth-order valence-electron chi connectivity index (χ4n) is 3.15. The molecule has 0 saturated heterocycles. The first-order valence-electron chi connectivity index (χ1n) is 7.89. The number of nitriles is 1. The maximum absolute atomic E-state index is 9.60. The molecule has 0 aliphatic carbocycles. The summed E-state index contributed by atoms with van der Waals surface area (Å²) in [5.41, 5.74) is 8.79. The van der Waals surface area contributed by atoms with Crippen molar-refractivity contribution in [3.05, 3.63) is 76.7 Å². The number of aryl methyl sites for hydroxylation is 2. The summed E-state index contributed by atoms with van der Waals surface area (Å²) < 4.78 is 13.3. The van der Waals surface area contributed by atoms with Crippen LogP contribution in [0, 0.1) is 25.2 Å². The summed E-state index contributed by atoms with van der Waals surface area (Å²) in [5, 5.41) is 14.2. The molecule has 2 N–H and O–H groups in total. The molecule has 2 aromatic heterocycles. The summed E-state index contributed by atoms with van der Waals surface area (Å²) in [6.07, 6.45) is 0. The number of hydrogen-bond acceptors (Lipinski definition) is 5. The van der Waals surface area contributed by atoms with Crippen LogP contribution in [0.5, 0.6) is 5.88 Å². The molecule has 0 radical (unpaired) electrons. The Labute approximate surface area is 144 Å². The average Bonchev–Trinajstić information content (AvgIpc) is 3.18. The van der Waals surface area contributed by atoms with E-state index in [-0.39, 0.29) is 5.88 Å². The van der Waals surface area contributed by atoms with Crippen molar-refractivity contribution in [2.24, 2.45) is 5.73 Å². The monoisotopic (exact) mass is 332 g/mol. The maximum atomic E-state index is 9.60. The zero-order valence-electron chi connectivity index (χ0n) is 13.9. The van der Waals surface area contributed by atoms with Crippen LogP contribution in [0.3, 0.4) is 0 Å². The Bertz CT molecular complexity index is 1020. The highest BCUT2D eigenvalue weighted by Gasteiger charge is 2.37. The predicted molar refractivity (Wildman–Crippen MR) is 91.0 cm³/mol. The van der Waals surface area contributed by atoms with Gasteiger partial charge in [-0.3, -0.25) is 0 Å². The number of hydrogen-bond donors (Lipinski definition) is 1. The van der Waals surface area contributed by atoms with Crippen LogP contribution in [0.2, 0.25) is 0 Å². The van der Waals surface area contributed by atoms with Crippen LogP contribution >= 0.6 is 0 Å². The summed E-state index contributed by atoms with van der Waals surface area (Å²) >= 11 is 0. The summed E-state index contributed by atoms with van der Waals surface area (Å²) in [5.74, 6) is 1.58. The van der Waals surface area contributed by atoms with E-state index in [1.165, 1.54) is 0 Å². The molecule has 0 saturated carbocycles. The lowest BCUT2D eigenvalue weighted by atomic mass is 9.88. The summed E-state index contributed by atoms with van der Waals surface area (Å²) in [4.78, 5) is 0. The van der Waals surface area contributed by atoms with Gasteiger partial charge in [-0.2, -0.15) is 10.4 Å². The van der Waals surface area contributed by atoms with Crippen LogP contribution < -0.4 is 10.5 Å². The van der Waals surface area contributed by atoms with E-state index in [1.54, 1.807) is 4.68 Å². The lowest BCUT2D eigenvalue weighted by molar-refractivity contribution is 0.359. The van der Waals surface area contributed by atoms with Crippen molar-refractivity contribution in [1.29, 1.82) is 5.26 Å². The Hall–Kier alpha value is -3.46. The lowest BCUT2D eigenvalue weighted by Crippen LogP contribution is -2.21. The number of fused-ring (bicyclic) bond motifs is 1. The first-order chi connectivity index (χ1) is 12.1. The first kappa shape index (κ1) is 15.1. The van der Waals surface area contributed by atoms with Gasteiger partial charge in [0.25, 0.3) is 0 Å². The van der Waals surface area contributed by atoms with E-state index in [9.17, 15) is 5.26 Å². The molecular weight excluding hydrogens is 316 g/mol. The number of benzene rings is 1. The minimum Gasteiger partial charge on any atom is -0.465 e. The van der Waals surface area contributed by atoms with E-state index in [0.717, 1.165) is 22.7 Å². The number of para-hydroxylation sites is 1. The average molecular weight is 332 g/mol. The Morgan fingerprint density at radius 2 is 1.92 bits per heavy atom. The Morgan fingerprint density at radius 1 is 1.16 bits per heavy atom. The van der Waals surface area contributed by atoms with E-state index >= 15 is 0 Å². The van der Waals surface area contributed by atoms with E-state index in [0.29, 0.717) is 17.2 Å². The molecule has 25 heavy (non-hydrogen) atoms. The topological polar surface area (TPSA) is 90.0 Å². The number of furan rings is 1. The second-order valence-electron chi connectivity index (χ2n) is 5.92. The number of rotatable bonds is 2. The van der Waals surface area contributed by atoms with Crippen LogP contribution in [0.4, 0.5) is 0 Å². The predicted octanol–water partition coefficient (Wildman–Crippen LogP) is 3.30. The highest BCUT2D eigenvalue weighted by Crippen LogP contribution is 2.44. The highest BCUT2D eigenvalue weighted by molar-refractivity contribution is 5.55. The number of aromatic nitrogens is 2. The van der Waals surface area contributed by atoms with Gasteiger partial charge >= 0.3 is 0 Å². The molecule has 3 heterocycles. The number of allylic oxidation sites excluding steroid dienone is 1. The fourth-order valence-corrected chi connectivity index (χ4v) is 3.15. The fraction of sp³-hybridized carbons (Fsp3) is 0.158. The Kier molecular flexibility index (Phi) is 3.36. The third kappa shape index (κ3) is 2.29. The Morgan fingerprint density at radius 3 is 2.56 bits per heavy atom. The van der Waals surface area contributed by atoms with Crippen LogP contribution in [-0.2, 0) is 0 Å². The number of nitrogens with two attached hydrogens (primary N) is 1. The lowest BCUT2D eigenvalue weighted by Gasteiger charge is -2.23. The standard InChI is InChI=1S/C19H16N4O2/c1-11-8-9-15(24-11)17-14(10-20)18(21)25-19-16(17)12(2)22-23(19)13-6-4-3-5-7-13/h3-9,17H,21H2,1-2H3/t17-/m0/s1. The molecule has 0 spiro atoms. The molecule has 0 bridgehead atoms. The quantitative estimate of drug-likeness (QED) is 0.777. The molecule has 0 unspecified atom stereocenters. The molecule has 124 valence electrons. The molecular formula is C19H16N4O2. The van der Waals surface area contributed by atoms with Crippen LogP contribution in [0.1, 0.15) is 28.7 Å². The van der Waals surface area contributed by atoms with E-state index in [1.807, 2.05) is 56.3 Å². The molecule has 1 aliphatic heterocycles. The van der Waals surface area contributed by atoms with Crippen molar-refractivity contribution in [2.75, 3.05) is 0 Å². The van der Waals surface area contributed by atoms with Gasteiger partial charge in [-0.25, -0.2) is 4.68 Å². The van der Waals surface area contributed by atoms with Crippen LogP contribution in [-0.4, -0.2) is 9.78 Å². The normalized spacial score (nSPS) is 16.3. The second kappa shape index (κ2) is 5.56. The molecule has 1 atom stereocenters. The smallest absolute Gasteiger partial charge is 0.229 e. The van der Waals surface area contributed by atoms with Crippen molar-refractivity contribution in [2.45, 2.75) is 19.8 Å². The van der Waals surface area contributed by atoms with Crippen molar-refractivity contribution >= 4 is 0 Å². The van der Waals surface area contributed by atoms with Gasteiger partial charge in [0.05, 0.1) is 22.9 Å². The van der Waals surface area contributed by atoms with Gasteiger partial charge in [0, 0.05) is 0 Å². The minimum absolute atomic E-state index is 0.0751. The SMILES string of the molecule is Cc1ccc([C@@H]2C(C#N)=C(N)Oc3c2c(C)nn3-c2ccccc2)o1. The van der Waals surface area contributed by atoms with Crippen LogP contribution in [0.25, 0.3) is 5.69 Å². The zero-order chi connectivity index (χ0) is 17.6. The van der Waals surface area contributed by atoms with Gasteiger partial charge in [0.15, 0.2) is 0 Å². The van der Waals surface area contributed by atoms with E-state index < -0.39 is 5.92 Å². The van der Waals surface area contributed by atoms with E-state index in [4.69, 9.17) is 14.9 Å². The third-order valence-corrected chi connectivity index (χ3v) is 4.28. The van der Waals surface area contributed by atoms with Gasteiger partial charge in [-0.1, -0.05) is 18.2 Å². The van der Waals surface area contributed by atoms with E-state index in [2.05, 4.69) is 11.2 Å². The number of ether oxygens (including phenoxy) is 1. The Balaban J connectivity index is 1.96. The third-order valence-electron chi connectivity index (χ3n) is 4.28. The zero-order valence-corrected chi connectivity index (χ0v) is 13.9. The van der Waals surface area contributed by atoms with Crippen molar-refractivity contribution in [3.8, 4) is 17.6 Å². The minimum atomic E-state index is -0.431. The second-order valence-corrected chi connectivity index (χ2v) is 5.92. The molecule has 1 aromatic carbocycles. The maximum Gasteiger partial charge on any atom is 0.229 e. The molecule has 6 nitrogen and oxygen atoms in total. The number of nitrogens with zero attached hydrogens (tertiary/aromatic N) is 3. The summed E-state index contributed by atoms with van der Waals surface area (Å²) in [6.45, 7) is 3.75. The molecule has 4 rings (SSSR count). The molecule has 6 heteroatoms. The molecule has 1 aliphatic rings. The van der Waals surface area contributed by atoms with Gasteiger partial charge < -0.3 is 14.9 Å². The highest BCUT2D eigenvalue weighted by atomic mass is 16.5. The molecule has 0 fully saturated rings. The van der Waals surface area contributed by atoms with Crippen molar-refractivity contribution in [1.82, 2.24) is 9.78 Å². The van der Waals surface area contributed by atoms with Gasteiger partial charge in [-0.05, 0) is 38.1 Å². The van der Waals surface area contributed by atoms with Crippen molar-refractivity contribution < 1.29 is 9.15 Å². The van der Waals surface area contributed by atoms with Gasteiger partial charge in [-0.15, -0.1) is 0 Å².